The number of aliphatic carboxylic acids is 1. The number of hydrogen-bond acceptors (Lipinski definition) is 4. The highest BCUT2D eigenvalue weighted by atomic mass is 19.1. The van der Waals surface area contributed by atoms with Crippen LogP contribution in [0.25, 0.3) is 0 Å². The molecule has 1 rings (SSSR count). The second-order valence-corrected chi connectivity index (χ2v) is 4.09. The molecule has 0 heterocycles. The molecule has 0 saturated carbocycles. The van der Waals surface area contributed by atoms with Crippen LogP contribution < -0.4 is 10.5 Å². The molecule has 22 heavy (non-hydrogen) atoms. The number of methoxy groups -OCH3 is 1. The lowest BCUT2D eigenvalue weighted by Gasteiger charge is -2.16. The van der Waals surface area contributed by atoms with E-state index < -0.39 is 52.9 Å². The van der Waals surface area contributed by atoms with Gasteiger partial charge in [-0.2, -0.15) is 0 Å². The van der Waals surface area contributed by atoms with Crippen LogP contribution >= 0.6 is 0 Å². The fourth-order valence-corrected chi connectivity index (χ4v) is 1.82. The Labute approximate surface area is 126 Å². The van der Waals surface area contributed by atoms with Crippen LogP contribution in [0.3, 0.4) is 0 Å². The van der Waals surface area contributed by atoms with Gasteiger partial charge >= 0.3 is 11.9 Å². The number of carboxylic acids is 2. The van der Waals surface area contributed by atoms with Gasteiger partial charge in [0.05, 0.1) is 12.7 Å². The van der Waals surface area contributed by atoms with Crippen molar-refractivity contribution in [3.8, 4) is 5.75 Å². The Morgan fingerprint density at radius 3 is 2.09 bits per heavy atom. The lowest BCUT2D eigenvalue weighted by Crippen LogP contribution is -2.33. The van der Waals surface area contributed by atoms with E-state index in [2.05, 4.69) is 4.74 Å². The molecule has 0 amide bonds. The molecule has 0 aliphatic rings. The highest BCUT2D eigenvalue weighted by Crippen LogP contribution is 2.32. The monoisotopic (exact) mass is 319 g/mol. The van der Waals surface area contributed by atoms with E-state index in [-0.39, 0.29) is 5.56 Å². The van der Waals surface area contributed by atoms with Crippen LogP contribution in [0.1, 0.15) is 35.3 Å². The number of nitrogens with two attached hydrogens (primary N) is 1. The van der Waals surface area contributed by atoms with Crippen LogP contribution in [0.2, 0.25) is 0 Å². The summed E-state index contributed by atoms with van der Waals surface area (Å²) in [6.07, 6.45) is -0.597. The zero-order valence-electron chi connectivity index (χ0n) is 12.7. The molecule has 6 nitrogen and oxygen atoms in total. The Morgan fingerprint density at radius 1 is 1.23 bits per heavy atom. The normalized spacial score (nSPS) is 11.2. The standard InChI is InChI=1S/C12H13F2NO5.C2H6/c1-4-7(12(18)19)5(3-6(15)11(16)17)9(14)10(20-2)8(4)13;1-2/h6H,3,15H2,1-2H3,(H,16,17)(H,18,19);1-2H3. The Kier molecular flexibility index (Phi) is 7.44. The van der Waals surface area contributed by atoms with Crippen molar-refractivity contribution in [1.29, 1.82) is 0 Å². The minimum Gasteiger partial charge on any atom is -0.491 e. The maximum Gasteiger partial charge on any atom is 0.336 e. The van der Waals surface area contributed by atoms with Crippen molar-refractivity contribution in [2.45, 2.75) is 33.2 Å². The van der Waals surface area contributed by atoms with E-state index in [0.29, 0.717) is 0 Å². The fraction of sp³-hybridized carbons (Fsp3) is 0.429. The summed E-state index contributed by atoms with van der Waals surface area (Å²) in [4.78, 5) is 21.8. The second-order valence-electron chi connectivity index (χ2n) is 4.09. The maximum atomic E-state index is 14.1. The molecular weight excluding hydrogens is 300 g/mol. The Hall–Kier alpha value is -2.22. The van der Waals surface area contributed by atoms with Gasteiger partial charge in [-0.05, 0) is 6.92 Å². The predicted molar refractivity (Wildman–Crippen MR) is 75.3 cm³/mol. The minimum atomic E-state index is -1.57. The van der Waals surface area contributed by atoms with Crippen molar-refractivity contribution < 1.29 is 33.3 Å². The summed E-state index contributed by atoms with van der Waals surface area (Å²) >= 11 is 0. The highest BCUT2D eigenvalue weighted by molar-refractivity contribution is 5.92. The SMILES string of the molecule is CC.COc1c(F)c(C)c(C(=O)O)c(CC(N)C(=O)O)c1F. The summed E-state index contributed by atoms with van der Waals surface area (Å²) in [7, 11) is 1.02. The predicted octanol–water partition coefficient (Wildman–Crippen LogP) is 1.96. The Bertz CT molecular complexity index is 575. The first-order valence-electron chi connectivity index (χ1n) is 6.48. The number of rotatable bonds is 5. The van der Waals surface area contributed by atoms with Gasteiger partial charge in [-0.1, -0.05) is 13.8 Å². The molecule has 0 saturated heterocycles. The molecule has 124 valence electrons. The molecule has 0 aliphatic carbocycles. The number of benzene rings is 1. The molecule has 0 aromatic heterocycles. The van der Waals surface area contributed by atoms with Crippen molar-refractivity contribution in [2.75, 3.05) is 7.11 Å². The van der Waals surface area contributed by atoms with Crippen LogP contribution in [0.5, 0.6) is 5.75 Å². The van der Waals surface area contributed by atoms with Gasteiger partial charge in [-0.15, -0.1) is 0 Å². The average molecular weight is 319 g/mol. The van der Waals surface area contributed by atoms with E-state index in [1.54, 1.807) is 0 Å². The third kappa shape index (κ3) is 3.91. The van der Waals surface area contributed by atoms with E-state index in [1.165, 1.54) is 0 Å². The summed E-state index contributed by atoms with van der Waals surface area (Å²) in [5.41, 5.74) is 3.79. The molecule has 0 aliphatic heterocycles. The van der Waals surface area contributed by atoms with Crippen LogP contribution in [0.4, 0.5) is 8.78 Å². The van der Waals surface area contributed by atoms with Crippen molar-refractivity contribution in [1.82, 2.24) is 0 Å². The summed E-state index contributed by atoms with van der Waals surface area (Å²) in [5, 5.41) is 17.8. The lowest BCUT2D eigenvalue weighted by molar-refractivity contribution is -0.138. The number of aromatic carboxylic acids is 1. The molecule has 1 atom stereocenters. The van der Waals surface area contributed by atoms with Crippen LogP contribution in [0, 0.1) is 18.6 Å². The smallest absolute Gasteiger partial charge is 0.336 e. The van der Waals surface area contributed by atoms with Gasteiger partial charge in [0.2, 0.25) is 0 Å². The number of ether oxygens (including phenoxy) is 1. The van der Waals surface area contributed by atoms with Gasteiger partial charge in [0.1, 0.15) is 6.04 Å². The first kappa shape index (κ1) is 19.8. The van der Waals surface area contributed by atoms with Crippen molar-refractivity contribution >= 4 is 11.9 Å². The number of carbonyl (C=O) groups is 2. The van der Waals surface area contributed by atoms with E-state index in [0.717, 1.165) is 14.0 Å². The Balaban J connectivity index is 0.00000211. The average Bonchev–Trinajstić information content (AvgIpc) is 2.46. The number of hydrogen-bond donors (Lipinski definition) is 3. The molecule has 0 spiro atoms. The van der Waals surface area contributed by atoms with Gasteiger partial charge in [0, 0.05) is 17.5 Å². The van der Waals surface area contributed by atoms with Crippen LogP contribution in [-0.2, 0) is 11.2 Å². The fourth-order valence-electron chi connectivity index (χ4n) is 1.82. The molecule has 0 radical (unpaired) electrons. The summed E-state index contributed by atoms with van der Waals surface area (Å²) in [6, 6.07) is -1.52. The minimum absolute atomic E-state index is 0.344. The third-order valence-electron chi connectivity index (χ3n) is 2.83. The van der Waals surface area contributed by atoms with Crippen LogP contribution in [0.15, 0.2) is 0 Å². The lowest BCUT2D eigenvalue weighted by atomic mass is 9.95. The largest absolute Gasteiger partial charge is 0.491 e. The molecule has 1 aromatic rings. The van der Waals surface area contributed by atoms with Gasteiger partial charge in [0.25, 0.3) is 0 Å². The van der Waals surface area contributed by atoms with Crippen molar-refractivity contribution in [3.05, 3.63) is 28.3 Å². The molecule has 4 N–H and O–H groups in total. The molecule has 1 unspecified atom stereocenters. The highest BCUT2D eigenvalue weighted by Gasteiger charge is 2.29. The zero-order valence-corrected chi connectivity index (χ0v) is 12.7. The molecule has 8 heteroatoms. The van der Waals surface area contributed by atoms with Gasteiger partial charge in [-0.3, -0.25) is 4.79 Å². The Morgan fingerprint density at radius 2 is 1.73 bits per heavy atom. The van der Waals surface area contributed by atoms with E-state index in [4.69, 9.17) is 15.9 Å². The van der Waals surface area contributed by atoms with E-state index in [1.807, 2.05) is 13.8 Å². The van der Waals surface area contributed by atoms with Crippen LogP contribution in [-0.4, -0.2) is 35.3 Å². The first-order chi connectivity index (χ1) is 10.2. The molecule has 0 fully saturated rings. The third-order valence-corrected chi connectivity index (χ3v) is 2.83. The summed E-state index contributed by atoms with van der Waals surface area (Å²) in [6.45, 7) is 5.14. The summed E-state index contributed by atoms with van der Waals surface area (Å²) in [5.74, 6) is -6.17. The van der Waals surface area contributed by atoms with E-state index >= 15 is 0 Å². The second kappa shape index (κ2) is 8.28. The van der Waals surface area contributed by atoms with Crippen molar-refractivity contribution in [3.63, 3.8) is 0 Å². The maximum absolute atomic E-state index is 14.1. The van der Waals surface area contributed by atoms with E-state index in [9.17, 15) is 18.4 Å². The summed E-state index contributed by atoms with van der Waals surface area (Å²) < 4.78 is 32.4. The zero-order chi connectivity index (χ0) is 17.6. The quantitative estimate of drug-likeness (QED) is 0.765. The first-order valence-corrected chi connectivity index (χ1v) is 6.48. The van der Waals surface area contributed by atoms with Crippen molar-refractivity contribution in [2.24, 2.45) is 5.73 Å². The van der Waals surface area contributed by atoms with Gasteiger partial charge in [-0.25, -0.2) is 13.6 Å². The van der Waals surface area contributed by atoms with Gasteiger partial charge < -0.3 is 20.7 Å². The van der Waals surface area contributed by atoms with Gasteiger partial charge in [0.15, 0.2) is 17.4 Å². The number of carboxylic acid groups (broad SMARTS) is 2. The molecule has 0 bridgehead atoms. The molecule has 1 aromatic carbocycles. The topological polar surface area (TPSA) is 110 Å². The molecular formula is C14H19F2NO5. The number of halogens is 2.